The lowest BCUT2D eigenvalue weighted by atomic mass is 10.0. The smallest absolute Gasteiger partial charge is 0.168 e. The van der Waals surface area contributed by atoms with E-state index in [9.17, 15) is 4.79 Å². The highest BCUT2D eigenvalue weighted by Gasteiger charge is 2.14. The lowest BCUT2D eigenvalue weighted by Gasteiger charge is -2.14. The summed E-state index contributed by atoms with van der Waals surface area (Å²) in [6.45, 7) is 8.93. The van der Waals surface area contributed by atoms with E-state index in [0.29, 0.717) is 30.4 Å². The Labute approximate surface area is 167 Å². The van der Waals surface area contributed by atoms with Crippen LogP contribution in [0.15, 0.2) is 42.7 Å². The summed E-state index contributed by atoms with van der Waals surface area (Å²) in [7, 11) is 0. The molecule has 0 aliphatic carbocycles. The van der Waals surface area contributed by atoms with E-state index in [-0.39, 0.29) is 5.78 Å². The van der Waals surface area contributed by atoms with Gasteiger partial charge in [-0.05, 0) is 73.3 Å². The van der Waals surface area contributed by atoms with Crippen molar-refractivity contribution in [1.29, 1.82) is 0 Å². The van der Waals surface area contributed by atoms with Crippen LogP contribution in [0.1, 0.15) is 41.8 Å². The monoisotopic (exact) mass is 381 g/mol. The number of hydrogen-bond donors (Lipinski definition) is 2. The minimum atomic E-state index is 0.0741. The quantitative estimate of drug-likeness (QED) is 0.619. The zero-order valence-corrected chi connectivity index (χ0v) is 16.9. The van der Waals surface area contributed by atoms with Crippen LogP contribution >= 0.6 is 0 Å². The first kappa shape index (κ1) is 20.5. The van der Waals surface area contributed by atoms with Crippen molar-refractivity contribution in [2.75, 3.05) is 26.2 Å². The first-order valence-corrected chi connectivity index (χ1v) is 10.2. The standard InChI is InChI=1S/C23H31N3O2/c1-17(2)16-28-22-9-19(11-23(27)21-4-3-6-24-15-21)8-20(10-22)14-26-13-18-5-7-25-12-18/h3-4,6,8-10,15,17-18,25-26H,5,7,11-14,16H2,1-2H3. The number of carbonyl (C=O) groups is 1. The minimum absolute atomic E-state index is 0.0741. The van der Waals surface area contributed by atoms with Gasteiger partial charge in [0.25, 0.3) is 0 Å². The van der Waals surface area contributed by atoms with Crippen LogP contribution < -0.4 is 15.4 Å². The lowest BCUT2D eigenvalue weighted by Crippen LogP contribution is -2.24. The fraction of sp³-hybridized carbons (Fsp3) is 0.478. The lowest BCUT2D eigenvalue weighted by molar-refractivity contribution is 0.0992. The Morgan fingerprint density at radius 3 is 2.89 bits per heavy atom. The molecule has 0 spiro atoms. The zero-order chi connectivity index (χ0) is 19.8. The van der Waals surface area contributed by atoms with Gasteiger partial charge in [0.2, 0.25) is 0 Å². The van der Waals surface area contributed by atoms with Gasteiger partial charge in [0.05, 0.1) is 6.61 Å². The molecule has 0 saturated carbocycles. The number of rotatable bonds is 10. The molecule has 1 aliphatic heterocycles. The van der Waals surface area contributed by atoms with Crippen molar-refractivity contribution in [3.05, 3.63) is 59.4 Å². The number of pyridine rings is 1. The molecule has 5 nitrogen and oxygen atoms in total. The topological polar surface area (TPSA) is 63.2 Å². The number of ether oxygens (including phenoxy) is 1. The molecule has 0 radical (unpaired) electrons. The summed E-state index contributed by atoms with van der Waals surface area (Å²) in [5.41, 5.74) is 2.78. The SMILES string of the molecule is CC(C)COc1cc(CNCC2CCNC2)cc(CC(=O)c2cccnc2)c1. The molecule has 3 rings (SSSR count). The summed E-state index contributed by atoms with van der Waals surface area (Å²) >= 11 is 0. The van der Waals surface area contributed by atoms with Crippen LogP contribution in [0.25, 0.3) is 0 Å². The van der Waals surface area contributed by atoms with E-state index in [2.05, 4.69) is 41.6 Å². The largest absolute Gasteiger partial charge is 0.493 e. The normalized spacial score (nSPS) is 16.5. The fourth-order valence-corrected chi connectivity index (χ4v) is 3.40. The number of nitrogens with zero attached hydrogens (tertiary/aromatic N) is 1. The van der Waals surface area contributed by atoms with Crippen LogP contribution in [0.2, 0.25) is 0 Å². The van der Waals surface area contributed by atoms with Crippen molar-refractivity contribution >= 4 is 5.78 Å². The van der Waals surface area contributed by atoms with E-state index in [1.807, 2.05) is 12.1 Å². The number of benzene rings is 1. The van der Waals surface area contributed by atoms with Gasteiger partial charge in [-0.2, -0.15) is 0 Å². The van der Waals surface area contributed by atoms with Crippen molar-refractivity contribution in [1.82, 2.24) is 15.6 Å². The number of ketones is 1. The molecule has 2 heterocycles. The van der Waals surface area contributed by atoms with E-state index < -0.39 is 0 Å². The van der Waals surface area contributed by atoms with Crippen molar-refractivity contribution in [3.63, 3.8) is 0 Å². The van der Waals surface area contributed by atoms with E-state index in [0.717, 1.165) is 43.1 Å². The van der Waals surface area contributed by atoms with E-state index in [1.54, 1.807) is 18.5 Å². The predicted molar refractivity (Wildman–Crippen MR) is 112 cm³/mol. The first-order valence-electron chi connectivity index (χ1n) is 10.2. The van der Waals surface area contributed by atoms with Crippen molar-refractivity contribution in [2.24, 2.45) is 11.8 Å². The molecule has 1 fully saturated rings. The highest BCUT2D eigenvalue weighted by Crippen LogP contribution is 2.20. The molecule has 1 aromatic heterocycles. The number of nitrogens with one attached hydrogen (secondary N) is 2. The zero-order valence-electron chi connectivity index (χ0n) is 16.9. The Hall–Kier alpha value is -2.24. The molecule has 0 amide bonds. The van der Waals surface area contributed by atoms with E-state index >= 15 is 0 Å². The third-order valence-electron chi connectivity index (χ3n) is 4.88. The maximum atomic E-state index is 12.6. The Morgan fingerprint density at radius 2 is 2.18 bits per heavy atom. The third kappa shape index (κ3) is 6.43. The van der Waals surface area contributed by atoms with Gasteiger partial charge in [0.15, 0.2) is 5.78 Å². The Kier molecular flexibility index (Phi) is 7.57. The fourth-order valence-electron chi connectivity index (χ4n) is 3.40. The van der Waals surface area contributed by atoms with Crippen LogP contribution in [0.4, 0.5) is 0 Å². The second-order valence-electron chi connectivity index (χ2n) is 8.02. The summed E-state index contributed by atoms with van der Waals surface area (Å²) in [5.74, 6) is 2.07. The number of Topliss-reactive ketones (excluding diaryl/α,β-unsaturated/α-hetero) is 1. The highest BCUT2D eigenvalue weighted by atomic mass is 16.5. The van der Waals surface area contributed by atoms with Crippen LogP contribution in [-0.2, 0) is 13.0 Å². The van der Waals surface area contributed by atoms with Crippen LogP contribution in [-0.4, -0.2) is 37.0 Å². The van der Waals surface area contributed by atoms with Gasteiger partial charge in [-0.1, -0.05) is 19.9 Å². The molecular formula is C23H31N3O2. The van der Waals surface area contributed by atoms with E-state index in [4.69, 9.17) is 4.74 Å². The van der Waals surface area contributed by atoms with Crippen molar-refractivity contribution < 1.29 is 9.53 Å². The van der Waals surface area contributed by atoms with Gasteiger partial charge in [-0.25, -0.2) is 0 Å². The van der Waals surface area contributed by atoms with Gasteiger partial charge < -0.3 is 15.4 Å². The maximum Gasteiger partial charge on any atom is 0.168 e. The van der Waals surface area contributed by atoms with Gasteiger partial charge in [-0.15, -0.1) is 0 Å². The minimum Gasteiger partial charge on any atom is -0.493 e. The average molecular weight is 382 g/mol. The second kappa shape index (κ2) is 10.3. The summed E-state index contributed by atoms with van der Waals surface area (Å²) in [4.78, 5) is 16.6. The number of carbonyl (C=O) groups excluding carboxylic acids is 1. The molecule has 1 aliphatic rings. The molecule has 2 N–H and O–H groups in total. The maximum absolute atomic E-state index is 12.6. The molecule has 0 bridgehead atoms. The molecule has 1 aromatic carbocycles. The van der Waals surface area contributed by atoms with E-state index in [1.165, 1.54) is 6.42 Å². The average Bonchev–Trinajstić information content (AvgIpc) is 3.20. The van der Waals surface area contributed by atoms with Gasteiger partial charge in [-0.3, -0.25) is 9.78 Å². The Bertz CT molecular complexity index is 756. The number of hydrogen-bond acceptors (Lipinski definition) is 5. The first-order chi connectivity index (χ1) is 13.6. The Balaban J connectivity index is 1.67. The summed E-state index contributed by atoms with van der Waals surface area (Å²) in [5, 5.41) is 6.96. The molecular weight excluding hydrogens is 350 g/mol. The molecule has 28 heavy (non-hydrogen) atoms. The van der Waals surface area contributed by atoms with Gasteiger partial charge >= 0.3 is 0 Å². The predicted octanol–water partition coefficient (Wildman–Crippen LogP) is 3.24. The molecule has 150 valence electrons. The van der Waals surface area contributed by atoms with Crippen LogP contribution in [0.5, 0.6) is 5.75 Å². The van der Waals surface area contributed by atoms with Crippen molar-refractivity contribution in [3.8, 4) is 5.75 Å². The number of aromatic nitrogens is 1. The molecule has 2 aromatic rings. The molecule has 1 unspecified atom stereocenters. The summed E-state index contributed by atoms with van der Waals surface area (Å²) in [6, 6.07) is 9.78. The summed E-state index contributed by atoms with van der Waals surface area (Å²) in [6.07, 6.45) is 4.89. The Morgan fingerprint density at radius 1 is 1.32 bits per heavy atom. The van der Waals surface area contributed by atoms with Crippen LogP contribution in [0.3, 0.4) is 0 Å². The second-order valence-corrected chi connectivity index (χ2v) is 8.02. The van der Waals surface area contributed by atoms with Crippen molar-refractivity contribution in [2.45, 2.75) is 33.2 Å². The molecule has 1 saturated heterocycles. The molecule has 1 atom stereocenters. The summed E-state index contributed by atoms with van der Waals surface area (Å²) < 4.78 is 5.95. The molecule has 5 heteroatoms. The highest BCUT2D eigenvalue weighted by molar-refractivity contribution is 5.97. The third-order valence-corrected chi connectivity index (χ3v) is 4.88. The van der Waals surface area contributed by atoms with Crippen LogP contribution in [0, 0.1) is 11.8 Å². The van der Waals surface area contributed by atoms with Gasteiger partial charge in [0, 0.05) is 30.9 Å². The van der Waals surface area contributed by atoms with Gasteiger partial charge in [0.1, 0.15) is 5.75 Å².